The quantitative estimate of drug-likeness (QED) is 0.135. The second-order valence-corrected chi connectivity index (χ2v) is 24.0. The lowest BCUT2D eigenvalue weighted by molar-refractivity contribution is 1.30. The van der Waals surface area contributed by atoms with Crippen LogP contribution in [0, 0.1) is 0 Å². The molecule has 0 aliphatic rings. The standard InChI is InChI=1S/C46H30N2.C44H28N2/c1-3-12-31(13-4-1)35-26-27-40-41(28-35)46(33-14-5-2-6-15-33)39-19-10-9-18-38(39)45(40)34-24-22-32(23-25-34)43-20-11-21-44(48-43)42-30-47-29-36-16-7-8-17-37(36)42;1-2-11-30-24-34(21-20-29(30)10-1)44-39-17-6-4-15-37(39)43(38-16-5-7-18-40(38)44)33-14-9-13-31(25-33)35-22-23-42(45-27-35)36-26-32-12-3-8-19-41(32)46-28-36/h1-30H;1-28H. The molecular weight excluding hydrogens is 1140 g/mol. The molecule has 18 rings (SSSR count). The fraction of sp³-hybridized carbons (Fsp3) is 0. The lowest BCUT2D eigenvalue weighted by Gasteiger charge is -2.19. The molecule has 94 heavy (non-hydrogen) atoms. The van der Waals surface area contributed by atoms with Crippen molar-refractivity contribution < 1.29 is 0 Å². The third-order valence-corrected chi connectivity index (χ3v) is 18.5. The summed E-state index contributed by atoms with van der Waals surface area (Å²) in [6, 6.07) is 117. The Hall–Kier alpha value is -12.5. The highest BCUT2D eigenvalue weighted by atomic mass is 14.7. The average molecular weight is 1200 g/mol. The van der Waals surface area contributed by atoms with Crippen molar-refractivity contribution in [2.24, 2.45) is 0 Å². The monoisotopic (exact) mass is 1190 g/mol. The van der Waals surface area contributed by atoms with Gasteiger partial charge in [-0.05, 0) is 169 Å². The SMILES string of the molecule is c1cc(-c2ccc(-c3cnc4ccccc4c3)nc2)cc(-c2c3ccccc3c(-c3ccc4ccccc4c3)c3ccccc23)c1.c1ccc(-c2ccc3c(-c4ccc(-c5cccc(-c6cncc7ccccc67)n5)cc4)c4ccccc4c(-c4ccccc4)c3c2)cc1. The van der Waals surface area contributed by atoms with E-state index in [0.717, 1.165) is 66.6 Å². The summed E-state index contributed by atoms with van der Waals surface area (Å²) >= 11 is 0. The number of fused-ring (bicyclic) bond motifs is 7. The Bertz CT molecular complexity index is 5840. The van der Waals surface area contributed by atoms with E-state index in [4.69, 9.17) is 9.97 Å². The Morgan fingerprint density at radius 2 is 0.628 bits per heavy atom. The number of nitrogens with zero attached hydrogens (tertiary/aromatic N) is 4. The van der Waals surface area contributed by atoms with E-state index in [1.165, 1.54) is 109 Å². The molecule has 0 saturated carbocycles. The summed E-state index contributed by atoms with van der Waals surface area (Å²) in [5.74, 6) is 0. The number of aromatic nitrogens is 4. The van der Waals surface area contributed by atoms with Gasteiger partial charge in [-0.15, -0.1) is 0 Å². The summed E-state index contributed by atoms with van der Waals surface area (Å²) in [6.07, 6.45) is 7.70. The molecule has 0 spiro atoms. The Balaban J connectivity index is 0.000000143. The zero-order chi connectivity index (χ0) is 62.3. The van der Waals surface area contributed by atoms with E-state index >= 15 is 0 Å². The van der Waals surface area contributed by atoms with Crippen LogP contribution in [0.15, 0.2) is 352 Å². The van der Waals surface area contributed by atoms with E-state index in [0.29, 0.717) is 0 Å². The van der Waals surface area contributed by atoms with Crippen LogP contribution < -0.4 is 0 Å². The maximum atomic E-state index is 5.11. The van der Waals surface area contributed by atoms with Crippen LogP contribution in [0.3, 0.4) is 0 Å². The predicted molar refractivity (Wildman–Crippen MR) is 396 cm³/mol. The Morgan fingerprint density at radius 3 is 1.31 bits per heavy atom. The molecular formula is C90H58N4. The van der Waals surface area contributed by atoms with Gasteiger partial charge in [0.05, 0.1) is 22.6 Å². The molecule has 18 aromatic rings. The summed E-state index contributed by atoms with van der Waals surface area (Å²) in [4.78, 5) is 19.1. The lowest BCUT2D eigenvalue weighted by atomic mass is 9.84. The van der Waals surface area contributed by atoms with Gasteiger partial charge in [-0.25, -0.2) is 4.98 Å². The zero-order valence-electron chi connectivity index (χ0n) is 51.3. The molecule has 0 unspecified atom stereocenters. The summed E-state index contributed by atoms with van der Waals surface area (Å²) in [5.41, 5.74) is 21.4. The van der Waals surface area contributed by atoms with E-state index in [1.54, 1.807) is 0 Å². The first-order valence-corrected chi connectivity index (χ1v) is 32.0. The number of rotatable bonds is 9. The number of hydrogen-bond donors (Lipinski definition) is 0. The van der Waals surface area contributed by atoms with Gasteiger partial charge >= 0.3 is 0 Å². The van der Waals surface area contributed by atoms with Crippen LogP contribution in [0.1, 0.15) is 0 Å². The van der Waals surface area contributed by atoms with Gasteiger partial charge in [-0.3, -0.25) is 15.0 Å². The van der Waals surface area contributed by atoms with Crippen molar-refractivity contribution in [1.29, 1.82) is 0 Å². The van der Waals surface area contributed by atoms with Crippen molar-refractivity contribution in [3.8, 4) is 101 Å². The van der Waals surface area contributed by atoms with Crippen molar-refractivity contribution in [1.82, 2.24) is 19.9 Å². The van der Waals surface area contributed by atoms with Gasteiger partial charge in [0, 0.05) is 57.8 Å². The number of pyridine rings is 4. The molecule has 4 heterocycles. The molecule has 0 saturated heterocycles. The fourth-order valence-corrected chi connectivity index (χ4v) is 14.0. The molecule has 0 amide bonds. The normalized spacial score (nSPS) is 11.4. The molecule has 0 radical (unpaired) electrons. The van der Waals surface area contributed by atoms with Crippen LogP contribution in [-0.4, -0.2) is 19.9 Å². The Labute approximate surface area is 545 Å². The van der Waals surface area contributed by atoms with E-state index in [1.807, 2.05) is 49.1 Å². The van der Waals surface area contributed by atoms with Crippen LogP contribution in [0.25, 0.3) is 176 Å². The van der Waals surface area contributed by atoms with Crippen molar-refractivity contribution in [3.05, 3.63) is 352 Å². The van der Waals surface area contributed by atoms with Gasteiger partial charge in [0.25, 0.3) is 0 Å². The lowest BCUT2D eigenvalue weighted by Crippen LogP contribution is -1.92. The molecule has 0 aliphatic heterocycles. The highest BCUT2D eigenvalue weighted by Gasteiger charge is 2.20. The van der Waals surface area contributed by atoms with Crippen LogP contribution in [-0.2, 0) is 0 Å². The summed E-state index contributed by atoms with van der Waals surface area (Å²) < 4.78 is 0. The smallest absolute Gasteiger partial charge is 0.0731 e. The fourth-order valence-electron chi connectivity index (χ4n) is 14.0. The Kier molecular flexibility index (Phi) is 14.2. The first-order valence-electron chi connectivity index (χ1n) is 32.0. The van der Waals surface area contributed by atoms with Gasteiger partial charge in [0.1, 0.15) is 0 Å². The van der Waals surface area contributed by atoms with Gasteiger partial charge < -0.3 is 0 Å². The minimum atomic E-state index is 0.916. The second-order valence-electron chi connectivity index (χ2n) is 24.0. The molecule has 14 aromatic carbocycles. The van der Waals surface area contributed by atoms with Crippen LogP contribution >= 0.6 is 0 Å². The van der Waals surface area contributed by atoms with Gasteiger partial charge in [0.15, 0.2) is 0 Å². The topological polar surface area (TPSA) is 51.6 Å². The van der Waals surface area contributed by atoms with Crippen molar-refractivity contribution in [2.45, 2.75) is 0 Å². The van der Waals surface area contributed by atoms with Gasteiger partial charge in [0.2, 0.25) is 0 Å². The minimum absolute atomic E-state index is 0.916. The maximum absolute atomic E-state index is 5.11. The largest absolute Gasteiger partial charge is 0.263 e. The van der Waals surface area contributed by atoms with Crippen molar-refractivity contribution in [3.63, 3.8) is 0 Å². The average Bonchev–Trinajstić information content (AvgIpc) is 0.740. The van der Waals surface area contributed by atoms with E-state index in [9.17, 15) is 0 Å². The van der Waals surface area contributed by atoms with Crippen molar-refractivity contribution >= 4 is 75.5 Å². The first-order chi connectivity index (χ1) is 46.6. The summed E-state index contributed by atoms with van der Waals surface area (Å²) in [6.45, 7) is 0. The highest BCUT2D eigenvalue weighted by molar-refractivity contribution is 6.23. The predicted octanol–water partition coefficient (Wildman–Crippen LogP) is 24.0. The first kappa shape index (κ1) is 55.6. The molecule has 438 valence electrons. The van der Waals surface area contributed by atoms with Crippen LogP contribution in [0.2, 0.25) is 0 Å². The molecule has 4 aromatic heterocycles. The van der Waals surface area contributed by atoms with Crippen LogP contribution in [0.4, 0.5) is 0 Å². The van der Waals surface area contributed by atoms with E-state index in [2.05, 4.69) is 313 Å². The third kappa shape index (κ3) is 10.3. The molecule has 0 aliphatic carbocycles. The maximum Gasteiger partial charge on any atom is 0.0731 e. The third-order valence-electron chi connectivity index (χ3n) is 18.5. The van der Waals surface area contributed by atoms with E-state index < -0.39 is 0 Å². The summed E-state index contributed by atoms with van der Waals surface area (Å²) in [7, 11) is 0. The molecule has 0 atom stereocenters. The van der Waals surface area contributed by atoms with Crippen LogP contribution in [0.5, 0.6) is 0 Å². The molecule has 0 N–H and O–H groups in total. The number of para-hydroxylation sites is 1. The molecule has 0 bridgehead atoms. The highest BCUT2D eigenvalue weighted by Crippen LogP contribution is 2.47. The molecule has 4 nitrogen and oxygen atoms in total. The number of hydrogen-bond acceptors (Lipinski definition) is 4. The van der Waals surface area contributed by atoms with Crippen molar-refractivity contribution in [2.75, 3.05) is 0 Å². The zero-order valence-corrected chi connectivity index (χ0v) is 51.3. The molecule has 4 heteroatoms. The van der Waals surface area contributed by atoms with Gasteiger partial charge in [-0.2, -0.15) is 0 Å². The summed E-state index contributed by atoms with van der Waals surface area (Å²) in [5, 5.41) is 15.9. The minimum Gasteiger partial charge on any atom is -0.263 e. The van der Waals surface area contributed by atoms with Gasteiger partial charge in [-0.1, -0.05) is 279 Å². The Morgan fingerprint density at radius 1 is 0.181 bits per heavy atom. The molecule has 0 fully saturated rings. The number of benzene rings is 14. The second kappa shape index (κ2) is 24.0. The van der Waals surface area contributed by atoms with E-state index in [-0.39, 0.29) is 0 Å².